The van der Waals surface area contributed by atoms with Gasteiger partial charge >= 0.3 is 0 Å². The minimum atomic E-state index is -0.777. The summed E-state index contributed by atoms with van der Waals surface area (Å²) in [4.78, 5) is 11.1. The first-order chi connectivity index (χ1) is 7.33. The van der Waals surface area contributed by atoms with E-state index in [1.165, 1.54) is 6.07 Å². The molecule has 0 radical (unpaired) electrons. The van der Waals surface area contributed by atoms with E-state index >= 15 is 0 Å². The largest absolute Gasteiger partial charge is 0.368 e. The molecule has 0 saturated carbocycles. The molecule has 16 heavy (non-hydrogen) atoms. The van der Waals surface area contributed by atoms with E-state index in [0.29, 0.717) is 11.0 Å². The lowest BCUT2D eigenvalue weighted by atomic mass is 10.0. The van der Waals surface area contributed by atoms with Gasteiger partial charge in [0.25, 0.3) is 0 Å². The van der Waals surface area contributed by atoms with Gasteiger partial charge in [0, 0.05) is 6.54 Å². The summed E-state index contributed by atoms with van der Waals surface area (Å²) in [6.07, 6.45) is 0. The number of benzene rings is 1. The van der Waals surface area contributed by atoms with Crippen LogP contribution in [0, 0.1) is 5.82 Å². The third-order valence-electron chi connectivity index (χ3n) is 2.33. The number of amides is 1. The van der Waals surface area contributed by atoms with Gasteiger partial charge in [-0.15, -0.1) is 0 Å². The number of primary amides is 1. The van der Waals surface area contributed by atoms with E-state index in [-0.39, 0.29) is 5.82 Å². The molecule has 1 aromatic carbocycles. The maximum absolute atomic E-state index is 13.0. The normalized spacial score (nSPS) is 11.5. The Hall–Kier alpha value is -0.940. The second-order valence-electron chi connectivity index (χ2n) is 4.09. The molecule has 5 heteroatoms. The lowest BCUT2D eigenvalue weighted by Gasteiger charge is -2.22. The van der Waals surface area contributed by atoms with Crippen molar-refractivity contribution in [2.75, 3.05) is 0 Å². The number of carbonyl (C=O) groups excluding carboxylic acids is 1. The Balaban J connectivity index is 2.68. The van der Waals surface area contributed by atoms with E-state index in [9.17, 15) is 9.18 Å². The first kappa shape index (κ1) is 13.1. The van der Waals surface area contributed by atoms with Crippen LogP contribution < -0.4 is 11.1 Å². The molecule has 1 rings (SSSR count). The van der Waals surface area contributed by atoms with Gasteiger partial charge in [0.1, 0.15) is 5.82 Å². The topological polar surface area (TPSA) is 55.1 Å². The molecule has 1 aromatic rings. The second kappa shape index (κ2) is 4.93. The van der Waals surface area contributed by atoms with Gasteiger partial charge in [0.05, 0.1) is 10.0 Å². The van der Waals surface area contributed by atoms with Crippen molar-refractivity contribution in [1.29, 1.82) is 0 Å². The lowest BCUT2D eigenvalue weighted by Crippen LogP contribution is -2.50. The molecule has 3 N–H and O–H groups in total. The number of nitrogens with two attached hydrogens (primary N) is 1. The predicted molar refractivity (Wildman–Crippen MR) is 64.2 cm³/mol. The second-order valence-corrected chi connectivity index (χ2v) is 4.95. The van der Waals surface area contributed by atoms with Gasteiger partial charge in [0.2, 0.25) is 5.91 Å². The Bertz CT molecular complexity index is 407. The molecule has 1 amide bonds. The van der Waals surface area contributed by atoms with Crippen molar-refractivity contribution in [2.45, 2.75) is 25.9 Å². The molecule has 0 unspecified atom stereocenters. The highest BCUT2D eigenvalue weighted by atomic mass is 79.9. The average molecular weight is 289 g/mol. The average Bonchev–Trinajstić information content (AvgIpc) is 2.20. The van der Waals surface area contributed by atoms with Crippen LogP contribution in [0.15, 0.2) is 22.7 Å². The van der Waals surface area contributed by atoms with E-state index in [4.69, 9.17) is 5.73 Å². The SMILES string of the molecule is CC(C)(NCc1ccc(F)c(Br)c1)C(N)=O. The highest BCUT2D eigenvalue weighted by molar-refractivity contribution is 9.10. The Labute approximate surface area is 102 Å². The van der Waals surface area contributed by atoms with Crippen LogP contribution in [-0.2, 0) is 11.3 Å². The summed E-state index contributed by atoms with van der Waals surface area (Å²) in [5.74, 6) is -0.730. The Kier molecular flexibility index (Phi) is 4.04. The van der Waals surface area contributed by atoms with Gasteiger partial charge in [-0.3, -0.25) is 10.1 Å². The predicted octanol–water partition coefficient (Wildman–Crippen LogP) is 1.94. The van der Waals surface area contributed by atoms with Crippen LogP contribution in [0.1, 0.15) is 19.4 Å². The van der Waals surface area contributed by atoms with E-state index in [2.05, 4.69) is 21.2 Å². The standard InChI is InChI=1S/C11H14BrFN2O/c1-11(2,10(14)16)15-6-7-3-4-9(13)8(12)5-7/h3-5,15H,6H2,1-2H3,(H2,14,16). The lowest BCUT2D eigenvalue weighted by molar-refractivity contribution is -0.123. The zero-order chi connectivity index (χ0) is 12.3. The van der Waals surface area contributed by atoms with Crippen LogP contribution in [0.5, 0.6) is 0 Å². The van der Waals surface area contributed by atoms with Gasteiger partial charge < -0.3 is 5.73 Å². The summed E-state index contributed by atoms with van der Waals surface area (Å²) in [5, 5.41) is 3.00. The molecule has 0 atom stereocenters. The van der Waals surface area contributed by atoms with Crippen molar-refractivity contribution in [2.24, 2.45) is 5.73 Å². The Morgan fingerprint density at radius 2 is 2.19 bits per heavy atom. The van der Waals surface area contributed by atoms with Crippen LogP contribution in [0.25, 0.3) is 0 Å². The highest BCUT2D eigenvalue weighted by Crippen LogP contribution is 2.17. The van der Waals surface area contributed by atoms with Crippen LogP contribution in [0.3, 0.4) is 0 Å². The number of nitrogens with one attached hydrogen (secondary N) is 1. The van der Waals surface area contributed by atoms with Gasteiger partial charge in [0.15, 0.2) is 0 Å². The molecule has 0 saturated heterocycles. The molecule has 0 aliphatic heterocycles. The first-order valence-electron chi connectivity index (χ1n) is 4.82. The molecule has 0 spiro atoms. The molecule has 88 valence electrons. The molecule has 0 aromatic heterocycles. The van der Waals surface area contributed by atoms with Crippen molar-refractivity contribution in [1.82, 2.24) is 5.32 Å². The molecule has 0 bridgehead atoms. The molecule has 0 fully saturated rings. The number of hydrogen-bond acceptors (Lipinski definition) is 2. The third kappa shape index (κ3) is 3.28. The zero-order valence-corrected chi connectivity index (χ0v) is 10.8. The Morgan fingerprint density at radius 3 is 2.69 bits per heavy atom. The van der Waals surface area contributed by atoms with Crippen molar-refractivity contribution in [3.63, 3.8) is 0 Å². The summed E-state index contributed by atoms with van der Waals surface area (Å²) < 4.78 is 13.4. The van der Waals surface area contributed by atoms with Crippen molar-refractivity contribution < 1.29 is 9.18 Å². The van der Waals surface area contributed by atoms with Crippen LogP contribution >= 0.6 is 15.9 Å². The van der Waals surface area contributed by atoms with Crippen LogP contribution in [-0.4, -0.2) is 11.4 Å². The van der Waals surface area contributed by atoms with Crippen molar-refractivity contribution in [3.8, 4) is 0 Å². The number of carbonyl (C=O) groups is 1. The molecule has 3 nitrogen and oxygen atoms in total. The van der Waals surface area contributed by atoms with Gasteiger partial charge in [-0.2, -0.15) is 0 Å². The highest BCUT2D eigenvalue weighted by Gasteiger charge is 2.23. The zero-order valence-electron chi connectivity index (χ0n) is 9.18. The smallest absolute Gasteiger partial charge is 0.237 e. The summed E-state index contributed by atoms with van der Waals surface area (Å²) in [5.41, 5.74) is 5.32. The maximum atomic E-state index is 13.0. The summed E-state index contributed by atoms with van der Waals surface area (Å²) in [7, 11) is 0. The number of rotatable bonds is 4. The van der Waals surface area contributed by atoms with E-state index in [1.807, 2.05) is 0 Å². The van der Waals surface area contributed by atoms with Gasteiger partial charge in [-0.25, -0.2) is 4.39 Å². The fourth-order valence-corrected chi connectivity index (χ4v) is 1.49. The van der Waals surface area contributed by atoms with Gasteiger partial charge in [-0.05, 0) is 47.5 Å². The van der Waals surface area contributed by atoms with E-state index in [0.717, 1.165) is 5.56 Å². The number of hydrogen-bond donors (Lipinski definition) is 2. The molecule has 0 aliphatic carbocycles. The summed E-state index contributed by atoms with van der Waals surface area (Å²) in [6, 6.07) is 4.70. The van der Waals surface area contributed by atoms with Crippen molar-refractivity contribution in [3.05, 3.63) is 34.1 Å². The number of halogens is 2. The van der Waals surface area contributed by atoms with Gasteiger partial charge in [-0.1, -0.05) is 6.07 Å². The minimum Gasteiger partial charge on any atom is -0.368 e. The fraction of sp³-hybridized carbons (Fsp3) is 0.364. The molecular formula is C11H14BrFN2O. The van der Waals surface area contributed by atoms with Crippen LogP contribution in [0.4, 0.5) is 4.39 Å². The molecular weight excluding hydrogens is 275 g/mol. The maximum Gasteiger partial charge on any atom is 0.237 e. The molecule has 0 heterocycles. The van der Waals surface area contributed by atoms with Crippen molar-refractivity contribution >= 4 is 21.8 Å². The van der Waals surface area contributed by atoms with E-state index in [1.54, 1.807) is 26.0 Å². The third-order valence-corrected chi connectivity index (χ3v) is 2.94. The minimum absolute atomic E-state index is 0.307. The molecule has 0 aliphatic rings. The van der Waals surface area contributed by atoms with E-state index < -0.39 is 11.4 Å². The van der Waals surface area contributed by atoms with Crippen LogP contribution in [0.2, 0.25) is 0 Å². The Morgan fingerprint density at radius 1 is 1.56 bits per heavy atom. The monoisotopic (exact) mass is 288 g/mol. The first-order valence-corrected chi connectivity index (χ1v) is 5.61. The summed E-state index contributed by atoms with van der Waals surface area (Å²) in [6.45, 7) is 3.86. The quantitative estimate of drug-likeness (QED) is 0.890. The fourth-order valence-electron chi connectivity index (χ4n) is 1.06. The summed E-state index contributed by atoms with van der Waals surface area (Å²) >= 11 is 3.10.